The van der Waals surface area contributed by atoms with Gasteiger partial charge in [-0.05, 0) is 63.3 Å². The minimum atomic E-state index is 0.343. The fourth-order valence-corrected chi connectivity index (χ4v) is 3.45. The average molecular weight is 276 g/mol. The van der Waals surface area contributed by atoms with Gasteiger partial charge in [-0.25, -0.2) is 0 Å². The second-order valence-electron chi connectivity index (χ2n) is 6.12. The fraction of sp³-hybridized carbons (Fsp3) is 0.647. The molecule has 2 rings (SSSR count). The van der Waals surface area contributed by atoms with Crippen molar-refractivity contribution in [1.29, 1.82) is 0 Å². The van der Waals surface area contributed by atoms with Crippen LogP contribution in [-0.4, -0.2) is 34.7 Å². The minimum Gasteiger partial charge on any atom is -0.508 e. The lowest BCUT2D eigenvalue weighted by atomic mass is 9.89. The first kappa shape index (κ1) is 15.3. The van der Waals surface area contributed by atoms with Crippen LogP contribution in [0.25, 0.3) is 0 Å². The van der Waals surface area contributed by atoms with Crippen LogP contribution in [0.15, 0.2) is 24.3 Å². The number of phenols is 1. The molecule has 0 saturated heterocycles. The Hall–Kier alpha value is -1.06. The molecular weight excluding hydrogens is 248 g/mol. The molecular formula is C17H28N2O. The molecule has 1 fully saturated rings. The summed E-state index contributed by atoms with van der Waals surface area (Å²) in [4.78, 5) is 2.62. The lowest BCUT2D eigenvalue weighted by Crippen LogP contribution is -2.46. The van der Waals surface area contributed by atoms with E-state index >= 15 is 0 Å². The third kappa shape index (κ3) is 3.97. The van der Waals surface area contributed by atoms with Crippen molar-refractivity contribution in [3.05, 3.63) is 29.8 Å². The highest BCUT2D eigenvalue weighted by molar-refractivity contribution is 5.26. The van der Waals surface area contributed by atoms with Crippen molar-refractivity contribution in [3.8, 4) is 5.75 Å². The number of likely N-dealkylation sites (N-methyl/N-ethyl adjacent to an activating group) is 1. The molecule has 0 heterocycles. The Bertz CT molecular complexity index is 396. The van der Waals surface area contributed by atoms with Gasteiger partial charge in [0.25, 0.3) is 0 Å². The number of rotatable bonds is 5. The number of phenolic OH excluding ortho intramolecular Hbond substituents is 1. The highest BCUT2D eigenvalue weighted by Crippen LogP contribution is 2.25. The third-order valence-electron chi connectivity index (χ3n) is 4.61. The van der Waals surface area contributed by atoms with Crippen LogP contribution < -0.4 is 5.73 Å². The van der Waals surface area contributed by atoms with Gasteiger partial charge in [0.2, 0.25) is 0 Å². The molecule has 0 spiro atoms. The molecule has 1 aliphatic carbocycles. The fourth-order valence-electron chi connectivity index (χ4n) is 3.45. The molecule has 112 valence electrons. The molecule has 1 aromatic rings. The predicted molar refractivity (Wildman–Crippen MR) is 83.9 cm³/mol. The first-order valence-corrected chi connectivity index (χ1v) is 7.89. The molecule has 3 heteroatoms. The lowest BCUT2D eigenvalue weighted by Gasteiger charge is -2.39. The Morgan fingerprint density at radius 3 is 2.35 bits per heavy atom. The molecule has 0 aromatic heterocycles. The van der Waals surface area contributed by atoms with Gasteiger partial charge in [0.1, 0.15) is 5.75 Å². The van der Waals surface area contributed by atoms with E-state index in [4.69, 9.17) is 5.73 Å². The molecule has 1 unspecified atom stereocenters. The molecule has 3 N–H and O–H groups in total. The van der Waals surface area contributed by atoms with Crippen LogP contribution in [-0.2, 0) is 6.42 Å². The highest BCUT2D eigenvalue weighted by atomic mass is 16.3. The summed E-state index contributed by atoms with van der Waals surface area (Å²) in [6, 6.07) is 9.23. The summed E-state index contributed by atoms with van der Waals surface area (Å²) < 4.78 is 0. The van der Waals surface area contributed by atoms with Crippen molar-refractivity contribution in [2.24, 2.45) is 5.73 Å². The summed E-state index contributed by atoms with van der Waals surface area (Å²) in [6.45, 7) is 5.66. The van der Waals surface area contributed by atoms with Gasteiger partial charge >= 0.3 is 0 Å². The maximum atomic E-state index is 9.35. The molecule has 1 atom stereocenters. The Labute approximate surface area is 122 Å². The van der Waals surface area contributed by atoms with Gasteiger partial charge in [0.15, 0.2) is 0 Å². The Morgan fingerprint density at radius 1 is 1.20 bits per heavy atom. The number of nitrogens with zero attached hydrogens (tertiary/aromatic N) is 1. The zero-order valence-corrected chi connectivity index (χ0v) is 12.8. The van der Waals surface area contributed by atoms with Crippen LogP contribution in [0.4, 0.5) is 0 Å². The van der Waals surface area contributed by atoms with Crippen molar-refractivity contribution in [2.75, 3.05) is 6.54 Å². The maximum Gasteiger partial charge on any atom is 0.115 e. The van der Waals surface area contributed by atoms with E-state index in [1.807, 2.05) is 12.1 Å². The zero-order chi connectivity index (χ0) is 14.5. The predicted octanol–water partition coefficient (Wildman–Crippen LogP) is 2.92. The molecule has 0 aliphatic heterocycles. The van der Waals surface area contributed by atoms with Gasteiger partial charge in [0.05, 0.1) is 0 Å². The molecule has 0 radical (unpaired) electrons. The number of hydrogen-bond acceptors (Lipinski definition) is 3. The smallest absolute Gasteiger partial charge is 0.115 e. The Morgan fingerprint density at radius 2 is 1.80 bits per heavy atom. The van der Waals surface area contributed by atoms with Crippen molar-refractivity contribution >= 4 is 0 Å². The second-order valence-corrected chi connectivity index (χ2v) is 6.12. The van der Waals surface area contributed by atoms with E-state index in [1.54, 1.807) is 12.1 Å². The van der Waals surface area contributed by atoms with Gasteiger partial charge in [0, 0.05) is 18.1 Å². The van der Waals surface area contributed by atoms with Crippen molar-refractivity contribution in [3.63, 3.8) is 0 Å². The molecule has 0 amide bonds. The van der Waals surface area contributed by atoms with Crippen LogP contribution in [0.5, 0.6) is 5.75 Å². The summed E-state index contributed by atoms with van der Waals surface area (Å²) in [7, 11) is 0. The molecule has 20 heavy (non-hydrogen) atoms. The lowest BCUT2D eigenvalue weighted by molar-refractivity contribution is 0.114. The number of hydrogen-bond donors (Lipinski definition) is 2. The molecule has 0 bridgehead atoms. The van der Waals surface area contributed by atoms with E-state index < -0.39 is 0 Å². The summed E-state index contributed by atoms with van der Waals surface area (Å²) >= 11 is 0. The first-order valence-electron chi connectivity index (χ1n) is 7.89. The van der Waals surface area contributed by atoms with Gasteiger partial charge in [-0.3, -0.25) is 4.90 Å². The first-order chi connectivity index (χ1) is 9.60. The van der Waals surface area contributed by atoms with E-state index in [2.05, 4.69) is 18.7 Å². The van der Waals surface area contributed by atoms with Crippen LogP contribution in [0.3, 0.4) is 0 Å². The largest absolute Gasteiger partial charge is 0.508 e. The van der Waals surface area contributed by atoms with E-state index in [0.29, 0.717) is 23.9 Å². The minimum absolute atomic E-state index is 0.343. The van der Waals surface area contributed by atoms with Crippen molar-refractivity contribution in [2.45, 2.75) is 64.1 Å². The summed E-state index contributed by atoms with van der Waals surface area (Å²) in [5.41, 5.74) is 7.30. The Kier molecular flexibility index (Phi) is 5.44. The maximum absolute atomic E-state index is 9.35. The normalized spacial score (nSPS) is 24.8. The average Bonchev–Trinajstić information content (AvgIpc) is 2.44. The third-order valence-corrected chi connectivity index (χ3v) is 4.61. The number of aromatic hydroxyl groups is 1. The van der Waals surface area contributed by atoms with E-state index in [1.165, 1.54) is 18.4 Å². The van der Waals surface area contributed by atoms with Crippen LogP contribution >= 0.6 is 0 Å². The Balaban J connectivity index is 1.94. The van der Waals surface area contributed by atoms with Gasteiger partial charge < -0.3 is 10.8 Å². The van der Waals surface area contributed by atoms with Crippen LogP contribution in [0.1, 0.15) is 45.1 Å². The molecule has 3 nitrogen and oxygen atoms in total. The SMILES string of the molecule is CCN(C(C)Cc1ccc(O)cc1)C1CCC(N)CC1. The van der Waals surface area contributed by atoms with Gasteiger partial charge in [-0.15, -0.1) is 0 Å². The topological polar surface area (TPSA) is 49.5 Å². The summed E-state index contributed by atoms with van der Waals surface area (Å²) in [5, 5.41) is 9.35. The van der Waals surface area contributed by atoms with Gasteiger partial charge in [-0.2, -0.15) is 0 Å². The van der Waals surface area contributed by atoms with E-state index in [-0.39, 0.29) is 0 Å². The number of benzene rings is 1. The van der Waals surface area contributed by atoms with E-state index in [9.17, 15) is 5.11 Å². The van der Waals surface area contributed by atoms with Crippen LogP contribution in [0.2, 0.25) is 0 Å². The molecule has 1 aliphatic rings. The van der Waals surface area contributed by atoms with Crippen molar-refractivity contribution in [1.82, 2.24) is 4.90 Å². The standard InChI is InChI=1S/C17H28N2O/c1-3-19(16-8-6-15(18)7-9-16)13(2)12-14-4-10-17(20)11-5-14/h4-5,10-11,13,15-16,20H,3,6-9,12,18H2,1-2H3. The number of nitrogens with two attached hydrogens (primary N) is 1. The summed E-state index contributed by atoms with van der Waals surface area (Å²) in [6.07, 6.45) is 5.82. The molecule has 1 saturated carbocycles. The summed E-state index contributed by atoms with van der Waals surface area (Å²) in [5.74, 6) is 0.343. The quantitative estimate of drug-likeness (QED) is 0.869. The molecule has 1 aromatic carbocycles. The zero-order valence-electron chi connectivity index (χ0n) is 12.8. The second kappa shape index (κ2) is 7.09. The van der Waals surface area contributed by atoms with Gasteiger partial charge in [-0.1, -0.05) is 19.1 Å². The highest BCUT2D eigenvalue weighted by Gasteiger charge is 2.26. The van der Waals surface area contributed by atoms with E-state index in [0.717, 1.165) is 25.8 Å². The van der Waals surface area contributed by atoms with Crippen molar-refractivity contribution < 1.29 is 5.11 Å². The monoisotopic (exact) mass is 276 g/mol. The van der Waals surface area contributed by atoms with Crippen LogP contribution in [0, 0.1) is 0 Å².